The molecule has 0 bridgehead atoms. The first-order chi connectivity index (χ1) is 11.5. The number of allylic oxidation sites excluding steroid dienone is 1. The van der Waals surface area contributed by atoms with Crippen LogP contribution in [-0.2, 0) is 9.47 Å². The molecule has 0 saturated carbocycles. The third kappa shape index (κ3) is 5.04. The molecule has 2 rings (SSSR count). The van der Waals surface area contributed by atoms with E-state index in [1.165, 1.54) is 5.57 Å². The Hall–Kier alpha value is -1.92. The van der Waals surface area contributed by atoms with Crippen LogP contribution in [0.2, 0.25) is 0 Å². The number of carbonyl (C=O) groups excluding carboxylic acids is 1. The molecule has 0 spiro atoms. The summed E-state index contributed by atoms with van der Waals surface area (Å²) in [6.07, 6.45) is 4.31. The molecular formula is C18H27N3O3. The molecule has 1 aliphatic heterocycles. The van der Waals surface area contributed by atoms with Crippen LogP contribution in [-0.4, -0.2) is 57.0 Å². The van der Waals surface area contributed by atoms with Crippen molar-refractivity contribution in [1.29, 1.82) is 0 Å². The largest absolute Gasteiger partial charge is 0.379 e. The second-order valence-electron chi connectivity index (χ2n) is 6.37. The van der Waals surface area contributed by atoms with Gasteiger partial charge in [-0.3, -0.25) is 4.79 Å². The third-order valence-electron chi connectivity index (χ3n) is 3.88. The number of anilines is 1. The molecule has 2 atom stereocenters. The molecule has 0 unspecified atom stereocenters. The van der Waals surface area contributed by atoms with Gasteiger partial charge in [-0.2, -0.15) is 0 Å². The fourth-order valence-corrected chi connectivity index (χ4v) is 2.56. The minimum absolute atomic E-state index is 0.0629. The molecule has 0 radical (unpaired) electrons. The van der Waals surface area contributed by atoms with Gasteiger partial charge in [0, 0.05) is 26.9 Å². The zero-order valence-corrected chi connectivity index (χ0v) is 14.9. The lowest BCUT2D eigenvalue weighted by molar-refractivity contribution is -0.0589. The van der Waals surface area contributed by atoms with Gasteiger partial charge in [0.05, 0.1) is 24.8 Å². The van der Waals surface area contributed by atoms with Crippen molar-refractivity contribution in [2.45, 2.75) is 32.4 Å². The van der Waals surface area contributed by atoms with Gasteiger partial charge in [-0.05, 0) is 32.4 Å². The van der Waals surface area contributed by atoms with Crippen LogP contribution in [0.4, 0.5) is 5.82 Å². The number of hydrogen-bond acceptors (Lipinski definition) is 5. The highest BCUT2D eigenvalue weighted by atomic mass is 16.5. The second kappa shape index (κ2) is 8.80. The highest BCUT2D eigenvalue weighted by Gasteiger charge is 2.28. The Morgan fingerprint density at radius 2 is 2.29 bits per heavy atom. The minimum atomic E-state index is -0.141. The predicted octanol–water partition coefficient (Wildman–Crippen LogP) is 2.02. The van der Waals surface area contributed by atoms with Crippen molar-refractivity contribution in [2.24, 2.45) is 0 Å². The summed E-state index contributed by atoms with van der Waals surface area (Å²) in [4.78, 5) is 18.8. The highest BCUT2D eigenvalue weighted by Crippen LogP contribution is 2.17. The summed E-state index contributed by atoms with van der Waals surface area (Å²) >= 11 is 0. The molecule has 1 aliphatic rings. The average molecular weight is 333 g/mol. The van der Waals surface area contributed by atoms with Crippen LogP contribution in [0.1, 0.15) is 30.6 Å². The molecule has 132 valence electrons. The second-order valence-corrected chi connectivity index (χ2v) is 6.37. The predicted molar refractivity (Wildman–Crippen MR) is 94.4 cm³/mol. The first-order valence-electron chi connectivity index (χ1n) is 8.25. The zero-order valence-electron chi connectivity index (χ0n) is 14.9. The summed E-state index contributed by atoms with van der Waals surface area (Å²) in [5.41, 5.74) is 1.77. The smallest absolute Gasteiger partial charge is 0.255 e. The Kier molecular flexibility index (Phi) is 6.75. The van der Waals surface area contributed by atoms with Gasteiger partial charge < -0.3 is 19.7 Å². The van der Waals surface area contributed by atoms with Gasteiger partial charge in [0.2, 0.25) is 0 Å². The number of ether oxygens (including phenoxy) is 2. The molecule has 24 heavy (non-hydrogen) atoms. The number of nitrogens with zero attached hydrogens (tertiary/aromatic N) is 2. The summed E-state index contributed by atoms with van der Waals surface area (Å²) in [6.45, 7) is 5.71. The quantitative estimate of drug-likeness (QED) is 0.807. The standard InChI is InChI=1S/C18H27N3O3/c1-13(2)7-11-24-16-12-23-10-8-15(16)20-18(22)14-6-5-9-19-17(14)21(3)4/h5-7,9,15-16H,8,10-12H2,1-4H3,(H,20,22)/t15-,16-/m1/s1. The van der Waals surface area contributed by atoms with E-state index in [4.69, 9.17) is 9.47 Å². The topological polar surface area (TPSA) is 63.7 Å². The molecule has 2 heterocycles. The van der Waals surface area contributed by atoms with Crippen LogP contribution < -0.4 is 10.2 Å². The zero-order chi connectivity index (χ0) is 17.5. The maximum atomic E-state index is 12.7. The van der Waals surface area contributed by atoms with Crippen LogP contribution in [0.3, 0.4) is 0 Å². The van der Waals surface area contributed by atoms with Gasteiger partial charge in [-0.15, -0.1) is 0 Å². The van der Waals surface area contributed by atoms with Crippen LogP contribution >= 0.6 is 0 Å². The van der Waals surface area contributed by atoms with E-state index in [-0.39, 0.29) is 18.1 Å². The fourth-order valence-electron chi connectivity index (χ4n) is 2.56. The normalized spacial score (nSPS) is 20.3. The Morgan fingerprint density at radius 3 is 3.00 bits per heavy atom. The van der Waals surface area contributed by atoms with Gasteiger partial charge in [0.25, 0.3) is 5.91 Å². The lowest BCUT2D eigenvalue weighted by atomic mass is 10.1. The summed E-state index contributed by atoms with van der Waals surface area (Å²) in [5.74, 6) is 0.526. The fraction of sp³-hybridized carbons (Fsp3) is 0.556. The van der Waals surface area contributed by atoms with E-state index in [9.17, 15) is 4.79 Å². The van der Waals surface area contributed by atoms with E-state index >= 15 is 0 Å². The molecule has 1 amide bonds. The first kappa shape index (κ1) is 18.4. The Bertz CT molecular complexity index is 583. The van der Waals surface area contributed by atoms with Crippen LogP contribution in [0.15, 0.2) is 30.0 Å². The van der Waals surface area contributed by atoms with E-state index in [1.54, 1.807) is 18.3 Å². The van der Waals surface area contributed by atoms with E-state index in [0.29, 0.717) is 31.2 Å². The number of pyridine rings is 1. The third-order valence-corrected chi connectivity index (χ3v) is 3.88. The molecule has 6 heteroatoms. The van der Waals surface area contributed by atoms with Crippen molar-refractivity contribution in [3.05, 3.63) is 35.5 Å². The van der Waals surface area contributed by atoms with E-state index < -0.39 is 0 Å². The number of carbonyl (C=O) groups is 1. The van der Waals surface area contributed by atoms with E-state index in [2.05, 4.69) is 10.3 Å². The molecule has 1 aromatic heterocycles. The first-order valence-corrected chi connectivity index (χ1v) is 8.25. The van der Waals surface area contributed by atoms with Crippen molar-refractivity contribution in [3.8, 4) is 0 Å². The number of nitrogens with one attached hydrogen (secondary N) is 1. The maximum absolute atomic E-state index is 12.7. The van der Waals surface area contributed by atoms with Crippen LogP contribution in [0.25, 0.3) is 0 Å². The minimum Gasteiger partial charge on any atom is -0.379 e. The maximum Gasteiger partial charge on any atom is 0.255 e. The van der Waals surface area contributed by atoms with Crippen LogP contribution in [0, 0.1) is 0 Å². The number of rotatable bonds is 6. The molecule has 6 nitrogen and oxygen atoms in total. The lowest BCUT2D eigenvalue weighted by Gasteiger charge is -2.32. The molecule has 1 aromatic rings. The monoisotopic (exact) mass is 333 g/mol. The molecule has 1 saturated heterocycles. The molecule has 1 fully saturated rings. The summed E-state index contributed by atoms with van der Waals surface area (Å²) in [6, 6.07) is 3.50. The van der Waals surface area contributed by atoms with Crippen molar-refractivity contribution in [3.63, 3.8) is 0 Å². The number of amides is 1. The van der Waals surface area contributed by atoms with E-state index in [0.717, 1.165) is 6.42 Å². The van der Waals surface area contributed by atoms with Crippen LogP contribution in [0.5, 0.6) is 0 Å². The molecule has 0 aliphatic carbocycles. The lowest BCUT2D eigenvalue weighted by Crippen LogP contribution is -2.50. The summed E-state index contributed by atoms with van der Waals surface area (Å²) in [5, 5.41) is 3.09. The Balaban J connectivity index is 2.04. The van der Waals surface area contributed by atoms with Crippen molar-refractivity contribution in [2.75, 3.05) is 38.8 Å². The van der Waals surface area contributed by atoms with Gasteiger partial charge in [-0.1, -0.05) is 11.6 Å². The highest BCUT2D eigenvalue weighted by molar-refractivity contribution is 5.99. The molecular weight excluding hydrogens is 306 g/mol. The van der Waals surface area contributed by atoms with Crippen molar-refractivity contribution >= 4 is 11.7 Å². The van der Waals surface area contributed by atoms with Gasteiger partial charge in [0.15, 0.2) is 0 Å². The van der Waals surface area contributed by atoms with E-state index in [1.807, 2.05) is 38.9 Å². The summed E-state index contributed by atoms with van der Waals surface area (Å²) < 4.78 is 11.4. The molecule has 0 aromatic carbocycles. The van der Waals surface area contributed by atoms with Crippen molar-refractivity contribution < 1.29 is 14.3 Å². The SMILES string of the molecule is CC(C)=CCO[C@@H]1COCC[C@H]1NC(=O)c1cccnc1N(C)C. The Labute approximate surface area is 143 Å². The number of aromatic nitrogens is 1. The average Bonchev–Trinajstić information content (AvgIpc) is 2.56. The number of hydrogen-bond donors (Lipinski definition) is 1. The van der Waals surface area contributed by atoms with Gasteiger partial charge in [0.1, 0.15) is 11.9 Å². The van der Waals surface area contributed by atoms with Gasteiger partial charge >= 0.3 is 0 Å². The molecule has 1 N–H and O–H groups in total. The summed E-state index contributed by atoms with van der Waals surface area (Å²) in [7, 11) is 3.75. The Morgan fingerprint density at radius 1 is 1.50 bits per heavy atom. The van der Waals surface area contributed by atoms with Crippen molar-refractivity contribution in [1.82, 2.24) is 10.3 Å². The van der Waals surface area contributed by atoms with Gasteiger partial charge in [-0.25, -0.2) is 4.98 Å².